The van der Waals surface area contributed by atoms with Gasteiger partial charge in [-0.25, -0.2) is 13.1 Å². The van der Waals surface area contributed by atoms with E-state index < -0.39 is 21.3 Å². The zero-order valence-electron chi connectivity index (χ0n) is 14.2. The van der Waals surface area contributed by atoms with Gasteiger partial charge < -0.3 is 0 Å². The lowest BCUT2D eigenvalue weighted by Crippen LogP contribution is -2.40. The van der Waals surface area contributed by atoms with Gasteiger partial charge >= 0.3 is 0 Å². The summed E-state index contributed by atoms with van der Waals surface area (Å²) in [5.74, 6) is 0. The molecular weight excluding hydrogens is 395 g/mol. The van der Waals surface area contributed by atoms with Crippen molar-refractivity contribution in [1.29, 1.82) is 0 Å². The minimum absolute atomic E-state index is 0.0854. The van der Waals surface area contributed by atoms with Crippen molar-refractivity contribution < 1.29 is 13.3 Å². The Morgan fingerprint density at radius 2 is 1.88 bits per heavy atom. The van der Waals surface area contributed by atoms with Crippen LogP contribution in [0.15, 0.2) is 48.5 Å². The Morgan fingerprint density at radius 1 is 1.15 bits per heavy atom. The SMILES string of the molecule is CN1OCC(S(=O)(=O)NCCc2ccccc2)C1c1ccc(Cl)c(Cl)c1. The van der Waals surface area contributed by atoms with Crippen LogP contribution in [-0.2, 0) is 21.3 Å². The van der Waals surface area contributed by atoms with E-state index in [0.717, 1.165) is 11.1 Å². The second-order valence-electron chi connectivity index (χ2n) is 6.17. The fourth-order valence-corrected chi connectivity index (χ4v) is 4.88. The van der Waals surface area contributed by atoms with Crippen molar-refractivity contribution in [3.63, 3.8) is 0 Å². The zero-order chi connectivity index (χ0) is 18.7. The van der Waals surface area contributed by atoms with Gasteiger partial charge in [-0.05, 0) is 29.7 Å². The number of hydroxylamine groups is 2. The van der Waals surface area contributed by atoms with E-state index >= 15 is 0 Å². The van der Waals surface area contributed by atoms with Crippen LogP contribution < -0.4 is 4.72 Å². The highest BCUT2D eigenvalue weighted by Crippen LogP contribution is 2.35. The first-order valence-electron chi connectivity index (χ1n) is 8.21. The average Bonchev–Trinajstić information content (AvgIpc) is 3.01. The number of hydrogen-bond donors (Lipinski definition) is 1. The molecule has 2 aromatic rings. The maximum absolute atomic E-state index is 12.8. The Kier molecular flexibility index (Phi) is 6.22. The molecule has 5 nitrogen and oxygen atoms in total. The van der Waals surface area contributed by atoms with Crippen LogP contribution in [0.25, 0.3) is 0 Å². The molecule has 8 heteroatoms. The predicted molar refractivity (Wildman–Crippen MR) is 104 cm³/mol. The van der Waals surface area contributed by atoms with Crippen LogP contribution in [0.4, 0.5) is 0 Å². The molecule has 26 heavy (non-hydrogen) atoms. The number of benzene rings is 2. The zero-order valence-corrected chi connectivity index (χ0v) is 16.6. The molecule has 2 unspecified atom stereocenters. The minimum atomic E-state index is -3.58. The summed E-state index contributed by atoms with van der Waals surface area (Å²) in [7, 11) is -1.86. The summed E-state index contributed by atoms with van der Waals surface area (Å²) in [5, 5.41) is 1.64. The van der Waals surface area contributed by atoms with Gasteiger partial charge in [0.2, 0.25) is 10.0 Å². The first kappa shape index (κ1) is 19.6. The highest BCUT2D eigenvalue weighted by molar-refractivity contribution is 7.90. The lowest BCUT2D eigenvalue weighted by Gasteiger charge is -2.23. The van der Waals surface area contributed by atoms with Crippen molar-refractivity contribution in [3.8, 4) is 0 Å². The fourth-order valence-electron chi connectivity index (χ4n) is 3.07. The topological polar surface area (TPSA) is 58.6 Å². The summed E-state index contributed by atoms with van der Waals surface area (Å²) in [5.41, 5.74) is 1.83. The van der Waals surface area contributed by atoms with E-state index in [2.05, 4.69) is 4.72 Å². The molecule has 1 fully saturated rings. The molecule has 0 saturated carbocycles. The summed E-state index contributed by atoms with van der Waals surface area (Å²) < 4.78 is 28.4. The first-order valence-corrected chi connectivity index (χ1v) is 10.5. The van der Waals surface area contributed by atoms with Crippen LogP contribution in [0.5, 0.6) is 0 Å². The fraction of sp³-hybridized carbons (Fsp3) is 0.333. The lowest BCUT2D eigenvalue weighted by atomic mass is 10.0. The number of sulfonamides is 1. The highest BCUT2D eigenvalue weighted by Gasteiger charge is 2.43. The smallest absolute Gasteiger partial charge is 0.218 e. The van der Waals surface area contributed by atoms with Crippen molar-refractivity contribution in [2.45, 2.75) is 17.7 Å². The van der Waals surface area contributed by atoms with E-state index in [1.165, 1.54) is 0 Å². The van der Waals surface area contributed by atoms with Crippen LogP contribution in [0.1, 0.15) is 17.2 Å². The molecule has 0 aliphatic carbocycles. The van der Waals surface area contributed by atoms with Crippen molar-refractivity contribution in [3.05, 3.63) is 69.7 Å². The van der Waals surface area contributed by atoms with Crippen molar-refractivity contribution in [2.75, 3.05) is 20.2 Å². The van der Waals surface area contributed by atoms with Gasteiger partial charge in [0.1, 0.15) is 5.25 Å². The second kappa shape index (κ2) is 8.25. The van der Waals surface area contributed by atoms with E-state index in [1.54, 1.807) is 30.3 Å². The van der Waals surface area contributed by atoms with Gasteiger partial charge in [0.05, 0.1) is 22.7 Å². The molecule has 140 valence electrons. The van der Waals surface area contributed by atoms with Crippen molar-refractivity contribution >= 4 is 33.2 Å². The van der Waals surface area contributed by atoms with Crippen LogP contribution in [-0.4, -0.2) is 38.9 Å². The predicted octanol–water partition coefficient (Wildman–Crippen LogP) is 3.44. The second-order valence-corrected chi connectivity index (χ2v) is 8.97. The van der Waals surface area contributed by atoms with E-state index in [-0.39, 0.29) is 6.61 Å². The summed E-state index contributed by atoms with van der Waals surface area (Å²) in [6.07, 6.45) is 0.626. The Bertz CT molecular complexity index is 862. The van der Waals surface area contributed by atoms with E-state index in [1.807, 2.05) is 30.3 Å². The normalized spacial score (nSPS) is 21.2. The molecule has 0 bridgehead atoms. The van der Waals surface area contributed by atoms with Gasteiger partial charge in [0.15, 0.2) is 0 Å². The highest BCUT2D eigenvalue weighted by atomic mass is 35.5. The summed E-state index contributed by atoms with van der Waals surface area (Å²) >= 11 is 12.1. The number of nitrogens with one attached hydrogen (secondary N) is 1. The van der Waals surface area contributed by atoms with Gasteiger partial charge in [-0.3, -0.25) is 4.84 Å². The molecule has 0 spiro atoms. The third-order valence-corrected chi connectivity index (χ3v) is 6.97. The minimum Gasteiger partial charge on any atom is -0.297 e. The van der Waals surface area contributed by atoms with Crippen molar-refractivity contribution in [1.82, 2.24) is 9.79 Å². The summed E-state index contributed by atoms with van der Waals surface area (Å²) in [4.78, 5) is 5.49. The molecular formula is C18H20Cl2N2O3S. The summed E-state index contributed by atoms with van der Waals surface area (Å²) in [6.45, 7) is 0.419. The monoisotopic (exact) mass is 414 g/mol. The maximum Gasteiger partial charge on any atom is 0.218 e. The Hall–Kier alpha value is -1.15. The van der Waals surface area contributed by atoms with Crippen LogP contribution in [0.2, 0.25) is 10.0 Å². The molecule has 1 saturated heterocycles. The van der Waals surface area contributed by atoms with Crippen LogP contribution in [0.3, 0.4) is 0 Å². The van der Waals surface area contributed by atoms with Crippen molar-refractivity contribution in [2.24, 2.45) is 0 Å². The number of hydrogen-bond acceptors (Lipinski definition) is 4. The van der Waals surface area contributed by atoms with Gasteiger partial charge in [-0.15, -0.1) is 0 Å². The Morgan fingerprint density at radius 3 is 2.58 bits per heavy atom. The van der Waals surface area contributed by atoms with Crippen LogP contribution in [0, 0.1) is 0 Å². The van der Waals surface area contributed by atoms with Gasteiger partial charge in [-0.1, -0.05) is 59.6 Å². The molecule has 0 radical (unpaired) electrons. The third-order valence-electron chi connectivity index (χ3n) is 4.43. The largest absolute Gasteiger partial charge is 0.297 e. The van der Waals surface area contributed by atoms with Crippen LogP contribution >= 0.6 is 23.2 Å². The van der Waals surface area contributed by atoms with E-state index in [4.69, 9.17) is 28.0 Å². The van der Waals surface area contributed by atoms with E-state index in [9.17, 15) is 8.42 Å². The molecule has 3 rings (SSSR count). The summed E-state index contributed by atoms with van der Waals surface area (Å²) in [6, 6.07) is 14.4. The molecule has 0 aromatic heterocycles. The standard InChI is InChI=1S/C18H20Cl2N2O3S/c1-22-18(14-7-8-15(19)16(20)11-14)17(12-25-22)26(23,24)21-10-9-13-5-3-2-4-6-13/h2-8,11,17-18,21H,9-10,12H2,1H3. The first-order chi connectivity index (χ1) is 12.4. The molecule has 1 N–H and O–H groups in total. The molecule has 1 heterocycles. The molecule has 2 aromatic carbocycles. The maximum atomic E-state index is 12.8. The Labute approximate surface area is 163 Å². The van der Waals surface area contributed by atoms with E-state index in [0.29, 0.717) is 23.0 Å². The quantitative estimate of drug-likeness (QED) is 0.786. The third kappa shape index (κ3) is 4.39. The average molecular weight is 415 g/mol. The lowest BCUT2D eigenvalue weighted by molar-refractivity contribution is -0.110. The number of halogens is 2. The Balaban J connectivity index is 1.73. The molecule has 2 atom stereocenters. The number of rotatable bonds is 6. The number of nitrogens with zero attached hydrogens (tertiary/aromatic N) is 1. The van der Waals surface area contributed by atoms with Gasteiger partial charge in [0, 0.05) is 13.6 Å². The molecule has 1 aliphatic heterocycles. The molecule has 1 aliphatic rings. The van der Waals surface area contributed by atoms with Gasteiger partial charge in [-0.2, -0.15) is 5.06 Å². The molecule has 0 amide bonds. The van der Waals surface area contributed by atoms with Gasteiger partial charge in [0.25, 0.3) is 0 Å².